The maximum atomic E-state index is 6.32. The van der Waals surface area contributed by atoms with Crippen molar-refractivity contribution in [2.75, 3.05) is 13.1 Å². The van der Waals surface area contributed by atoms with Crippen molar-refractivity contribution in [3.63, 3.8) is 0 Å². The van der Waals surface area contributed by atoms with E-state index in [1.165, 1.54) is 51.6 Å². The molecule has 3 atom stereocenters. The molecule has 1 rings (SSSR count). The molecular weight excluding hydrogens is 196 g/mol. The van der Waals surface area contributed by atoms with Gasteiger partial charge in [0, 0.05) is 12.1 Å². The van der Waals surface area contributed by atoms with Gasteiger partial charge in [-0.1, -0.05) is 27.2 Å². The van der Waals surface area contributed by atoms with Crippen LogP contribution in [0.5, 0.6) is 0 Å². The van der Waals surface area contributed by atoms with Crippen LogP contribution in [0.1, 0.15) is 59.3 Å². The number of rotatable bonds is 6. The highest BCUT2D eigenvalue weighted by Gasteiger charge is 2.30. The smallest absolute Gasteiger partial charge is 0.0249 e. The van der Waals surface area contributed by atoms with E-state index < -0.39 is 0 Å². The van der Waals surface area contributed by atoms with Gasteiger partial charge in [0.1, 0.15) is 0 Å². The van der Waals surface area contributed by atoms with E-state index in [0.717, 1.165) is 5.92 Å². The zero-order valence-electron chi connectivity index (χ0n) is 11.4. The summed E-state index contributed by atoms with van der Waals surface area (Å²) in [5, 5.41) is 0. The van der Waals surface area contributed by atoms with Gasteiger partial charge in [-0.05, 0) is 51.1 Å². The summed E-state index contributed by atoms with van der Waals surface area (Å²) >= 11 is 0. The summed E-state index contributed by atoms with van der Waals surface area (Å²) in [7, 11) is 0. The molecule has 1 fully saturated rings. The number of nitrogens with zero attached hydrogens (tertiary/aromatic N) is 1. The fourth-order valence-corrected chi connectivity index (χ4v) is 3.06. The Hall–Kier alpha value is -0.0800. The van der Waals surface area contributed by atoms with Crippen molar-refractivity contribution in [3.8, 4) is 0 Å². The van der Waals surface area contributed by atoms with Crippen molar-refractivity contribution in [2.45, 2.75) is 71.4 Å². The monoisotopic (exact) mass is 226 g/mol. The van der Waals surface area contributed by atoms with Crippen molar-refractivity contribution in [3.05, 3.63) is 0 Å². The average molecular weight is 226 g/mol. The number of nitrogens with two attached hydrogens (primary N) is 1. The molecule has 2 N–H and O–H groups in total. The molecule has 0 spiro atoms. The van der Waals surface area contributed by atoms with Gasteiger partial charge >= 0.3 is 0 Å². The average Bonchev–Trinajstić information content (AvgIpc) is 2.29. The van der Waals surface area contributed by atoms with Crippen LogP contribution >= 0.6 is 0 Å². The molecule has 0 aromatic carbocycles. The third-order valence-electron chi connectivity index (χ3n) is 4.05. The van der Waals surface area contributed by atoms with Crippen LogP contribution in [0.2, 0.25) is 0 Å². The molecule has 0 aliphatic heterocycles. The zero-order chi connectivity index (χ0) is 12.0. The van der Waals surface area contributed by atoms with Gasteiger partial charge in [-0.2, -0.15) is 0 Å². The minimum absolute atomic E-state index is 0.417. The predicted octanol–water partition coefficient (Wildman–Crippen LogP) is 3.01. The summed E-state index contributed by atoms with van der Waals surface area (Å²) in [5.74, 6) is 0.918. The van der Waals surface area contributed by atoms with Crippen LogP contribution in [0.3, 0.4) is 0 Å². The number of hydrogen-bond donors (Lipinski definition) is 1. The molecule has 0 aromatic heterocycles. The van der Waals surface area contributed by atoms with Crippen LogP contribution in [0, 0.1) is 5.92 Å². The molecule has 0 aromatic rings. The van der Waals surface area contributed by atoms with Crippen molar-refractivity contribution in [1.29, 1.82) is 0 Å². The Bertz CT molecular complexity index is 176. The van der Waals surface area contributed by atoms with Gasteiger partial charge in [0.15, 0.2) is 0 Å². The van der Waals surface area contributed by atoms with Crippen LogP contribution in [0.25, 0.3) is 0 Å². The lowest BCUT2D eigenvalue weighted by Gasteiger charge is -2.41. The molecule has 0 bridgehead atoms. The summed E-state index contributed by atoms with van der Waals surface area (Å²) in [6.07, 6.45) is 7.74. The summed E-state index contributed by atoms with van der Waals surface area (Å²) in [5.41, 5.74) is 6.32. The number of hydrogen-bond acceptors (Lipinski definition) is 2. The summed E-state index contributed by atoms with van der Waals surface area (Å²) in [6, 6.07) is 1.07. The van der Waals surface area contributed by atoms with E-state index in [9.17, 15) is 0 Å². The molecule has 1 saturated carbocycles. The van der Waals surface area contributed by atoms with E-state index in [0.29, 0.717) is 12.1 Å². The molecule has 0 saturated heterocycles. The molecule has 0 amide bonds. The topological polar surface area (TPSA) is 29.3 Å². The molecule has 1 aliphatic carbocycles. The van der Waals surface area contributed by atoms with Gasteiger partial charge in [0.25, 0.3) is 0 Å². The first-order chi connectivity index (χ1) is 7.72. The standard InChI is InChI=1S/C14H30N2/c1-4-9-16(10-5-2)14-11-12(6-3)7-8-13(14)15/h12-14H,4-11,15H2,1-3H3. The van der Waals surface area contributed by atoms with Gasteiger partial charge in [-0.3, -0.25) is 4.90 Å². The first kappa shape index (κ1) is 14.0. The Labute approximate surface area is 102 Å². The molecule has 96 valence electrons. The maximum Gasteiger partial charge on any atom is 0.0249 e. The largest absolute Gasteiger partial charge is 0.326 e. The van der Waals surface area contributed by atoms with E-state index in [2.05, 4.69) is 25.7 Å². The van der Waals surface area contributed by atoms with Crippen LogP contribution in [0.15, 0.2) is 0 Å². The summed E-state index contributed by atoms with van der Waals surface area (Å²) in [4.78, 5) is 2.65. The molecular formula is C14H30N2. The highest BCUT2D eigenvalue weighted by atomic mass is 15.2. The van der Waals surface area contributed by atoms with Crippen molar-refractivity contribution in [1.82, 2.24) is 4.90 Å². The van der Waals surface area contributed by atoms with Gasteiger partial charge in [0.2, 0.25) is 0 Å². The minimum atomic E-state index is 0.417. The maximum absolute atomic E-state index is 6.32. The Balaban J connectivity index is 2.56. The lowest BCUT2D eigenvalue weighted by molar-refractivity contribution is 0.110. The van der Waals surface area contributed by atoms with Crippen LogP contribution in [-0.4, -0.2) is 30.1 Å². The minimum Gasteiger partial charge on any atom is -0.326 e. The Morgan fingerprint density at radius 2 is 1.69 bits per heavy atom. The SMILES string of the molecule is CCCN(CCC)C1CC(CC)CCC1N. The highest BCUT2D eigenvalue weighted by molar-refractivity contribution is 4.88. The van der Waals surface area contributed by atoms with Crippen molar-refractivity contribution in [2.24, 2.45) is 11.7 Å². The first-order valence-electron chi connectivity index (χ1n) is 7.22. The van der Waals surface area contributed by atoms with Gasteiger partial charge < -0.3 is 5.73 Å². The summed E-state index contributed by atoms with van der Waals surface area (Å²) < 4.78 is 0. The fourth-order valence-electron chi connectivity index (χ4n) is 3.06. The van der Waals surface area contributed by atoms with E-state index >= 15 is 0 Å². The Morgan fingerprint density at radius 1 is 1.06 bits per heavy atom. The molecule has 3 unspecified atom stereocenters. The van der Waals surface area contributed by atoms with E-state index in [-0.39, 0.29) is 0 Å². The molecule has 16 heavy (non-hydrogen) atoms. The normalized spacial score (nSPS) is 30.9. The quantitative estimate of drug-likeness (QED) is 0.754. The summed E-state index contributed by atoms with van der Waals surface area (Å²) in [6.45, 7) is 9.32. The Morgan fingerprint density at radius 3 is 2.19 bits per heavy atom. The van der Waals surface area contributed by atoms with Crippen molar-refractivity contribution >= 4 is 0 Å². The highest BCUT2D eigenvalue weighted by Crippen LogP contribution is 2.29. The van der Waals surface area contributed by atoms with Crippen LogP contribution in [0.4, 0.5) is 0 Å². The third-order valence-corrected chi connectivity index (χ3v) is 4.05. The van der Waals surface area contributed by atoms with E-state index in [1.807, 2.05) is 0 Å². The molecule has 1 aliphatic rings. The molecule has 0 radical (unpaired) electrons. The molecule has 2 nitrogen and oxygen atoms in total. The lowest BCUT2D eigenvalue weighted by atomic mass is 9.80. The van der Waals surface area contributed by atoms with Gasteiger partial charge in [-0.25, -0.2) is 0 Å². The second-order valence-corrected chi connectivity index (χ2v) is 5.35. The second kappa shape index (κ2) is 7.29. The third kappa shape index (κ3) is 3.74. The lowest BCUT2D eigenvalue weighted by Crippen LogP contribution is -2.51. The van der Waals surface area contributed by atoms with Crippen LogP contribution < -0.4 is 5.73 Å². The van der Waals surface area contributed by atoms with Gasteiger partial charge in [-0.15, -0.1) is 0 Å². The predicted molar refractivity (Wildman–Crippen MR) is 71.6 cm³/mol. The fraction of sp³-hybridized carbons (Fsp3) is 1.00. The second-order valence-electron chi connectivity index (χ2n) is 5.35. The molecule has 2 heteroatoms. The zero-order valence-corrected chi connectivity index (χ0v) is 11.4. The van der Waals surface area contributed by atoms with Crippen molar-refractivity contribution < 1.29 is 0 Å². The first-order valence-corrected chi connectivity index (χ1v) is 7.22. The van der Waals surface area contributed by atoms with E-state index in [4.69, 9.17) is 5.73 Å². The molecule has 0 heterocycles. The van der Waals surface area contributed by atoms with Gasteiger partial charge in [0.05, 0.1) is 0 Å². The van der Waals surface area contributed by atoms with E-state index in [1.54, 1.807) is 0 Å². The van der Waals surface area contributed by atoms with Crippen LogP contribution in [-0.2, 0) is 0 Å². The Kier molecular flexibility index (Phi) is 6.37.